The zero-order valence-corrected chi connectivity index (χ0v) is 16.5. The first-order chi connectivity index (χ1) is 13.5. The second-order valence-electron chi connectivity index (χ2n) is 6.63. The molecule has 1 aromatic carbocycles. The number of anilines is 1. The van der Waals surface area contributed by atoms with Crippen LogP contribution in [0, 0.1) is 20.8 Å². The molecule has 0 spiro atoms. The molecular weight excluding hydrogens is 376 g/mol. The van der Waals surface area contributed by atoms with Crippen LogP contribution in [0.25, 0.3) is 5.65 Å². The average molecular weight is 395 g/mol. The molecule has 0 saturated carbocycles. The lowest BCUT2D eigenvalue weighted by molar-refractivity contribution is 0.102. The summed E-state index contributed by atoms with van der Waals surface area (Å²) in [5, 5.41) is 12.0. The van der Waals surface area contributed by atoms with Crippen LogP contribution in [0.15, 0.2) is 42.7 Å². The Kier molecular flexibility index (Phi) is 4.60. The molecule has 0 saturated heterocycles. The Morgan fingerprint density at radius 2 is 1.93 bits per heavy atom. The van der Waals surface area contributed by atoms with Gasteiger partial charge in [-0.25, -0.2) is 9.50 Å². The van der Waals surface area contributed by atoms with E-state index >= 15 is 0 Å². The molecule has 0 bridgehead atoms. The zero-order chi connectivity index (χ0) is 19.8. The van der Waals surface area contributed by atoms with Crippen LogP contribution in [0.3, 0.4) is 0 Å². The van der Waals surface area contributed by atoms with E-state index in [0.29, 0.717) is 17.9 Å². The van der Waals surface area contributed by atoms with Crippen LogP contribution in [-0.4, -0.2) is 30.3 Å². The SMILES string of the molecule is Cc1ccccc1Cn1nc(C)c(NC(=O)c2nn3cccnc3c2Cl)c1C. The van der Waals surface area contributed by atoms with Crippen molar-refractivity contribution in [1.82, 2.24) is 24.4 Å². The van der Waals surface area contributed by atoms with Crippen molar-refractivity contribution in [3.8, 4) is 0 Å². The summed E-state index contributed by atoms with van der Waals surface area (Å²) in [7, 11) is 0. The number of benzene rings is 1. The molecule has 0 aliphatic carbocycles. The Morgan fingerprint density at radius 3 is 2.68 bits per heavy atom. The molecular formula is C20H19ClN6O. The maximum atomic E-state index is 12.8. The Balaban J connectivity index is 1.63. The van der Waals surface area contributed by atoms with Gasteiger partial charge in [-0.2, -0.15) is 10.2 Å². The number of hydrogen-bond donors (Lipinski definition) is 1. The third-order valence-electron chi connectivity index (χ3n) is 4.76. The van der Waals surface area contributed by atoms with Crippen LogP contribution in [0.5, 0.6) is 0 Å². The second-order valence-corrected chi connectivity index (χ2v) is 7.01. The third-order valence-corrected chi connectivity index (χ3v) is 5.10. The topological polar surface area (TPSA) is 77.1 Å². The van der Waals surface area contributed by atoms with E-state index in [-0.39, 0.29) is 10.7 Å². The molecule has 142 valence electrons. The highest BCUT2D eigenvalue weighted by molar-refractivity contribution is 6.37. The molecule has 0 aliphatic rings. The van der Waals surface area contributed by atoms with E-state index in [1.807, 2.05) is 30.7 Å². The molecule has 0 radical (unpaired) electrons. The molecule has 0 unspecified atom stereocenters. The summed E-state index contributed by atoms with van der Waals surface area (Å²) >= 11 is 6.30. The van der Waals surface area contributed by atoms with Gasteiger partial charge in [0, 0.05) is 12.4 Å². The van der Waals surface area contributed by atoms with Gasteiger partial charge in [0.2, 0.25) is 0 Å². The lowest BCUT2D eigenvalue weighted by Gasteiger charge is -2.08. The number of carbonyl (C=O) groups excluding carboxylic acids is 1. The van der Waals surface area contributed by atoms with Crippen LogP contribution >= 0.6 is 11.6 Å². The van der Waals surface area contributed by atoms with E-state index in [2.05, 4.69) is 39.6 Å². The van der Waals surface area contributed by atoms with Crippen LogP contribution in [0.1, 0.15) is 33.0 Å². The first-order valence-electron chi connectivity index (χ1n) is 8.84. The molecule has 0 atom stereocenters. The molecule has 4 aromatic rings. The van der Waals surface area contributed by atoms with Gasteiger partial charge in [0.25, 0.3) is 5.91 Å². The molecule has 8 heteroatoms. The number of carbonyl (C=O) groups is 1. The third kappa shape index (κ3) is 3.14. The van der Waals surface area contributed by atoms with Crippen molar-refractivity contribution >= 4 is 28.8 Å². The number of hydrogen-bond acceptors (Lipinski definition) is 4. The molecule has 3 heterocycles. The first-order valence-corrected chi connectivity index (χ1v) is 9.22. The van der Waals surface area contributed by atoms with Crippen molar-refractivity contribution in [2.24, 2.45) is 0 Å². The summed E-state index contributed by atoms with van der Waals surface area (Å²) in [4.78, 5) is 17.0. The number of aromatic nitrogens is 5. The monoisotopic (exact) mass is 394 g/mol. The number of nitrogens with zero attached hydrogens (tertiary/aromatic N) is 5. The van der Waals surface area contributed by atoms with Gasteiger partial charge < -0.3 is 5.32 Å². The largest absolute Gasteiger partial charge is 0.317 e. The standard InChI is InChI=1S/C20H19ClN6O/c1-12-7-4-5-8-15(12)11-27-14(3)17(13(2)24-27)23-20(28)18-16(21)19-22-9-6-10-26(19)25-18/h4-10H,11H2,1-3H3,(H,23,28). The average Bonchev–Trinajstić information content (AvgIpc) is 3.15. The van der Waals surface area contributed by atoms with Crippen molar-refractivity contribution in [3.63, 3.8) is 0 Å². The van der Waals surface area contributed by atoms with Gasteiger partial charge in [-0.05, 0) is 38.0 Å². The second kappa shape index (κ2) is 7.09. The Morgan fingerprint density at radius 1 is 1.14 bits per heavy atom. The smallest absolute Gasteiger partial charge is 0.277 e. The summed E-state index contributed by atoms with van der Waals surface area (Å²) < 4.78 is 3.37. The summed E-state index contributed by atoms with van der Waals surface area (Å²) in [6.07, 6.45) is 3.30. The van der Waals surface area contributed by atoms with Crippen molar-refractivity contribution in [2.75, 3.05) is 5.32 Å². The highest BCUT2D eigenvalue weighted by atomic mass is 35.5. The fourth-order valence-corrected chi connectivity index (χ4v) is 3.42. The van der Waals surface area contributed by atoms with Gasteiger partial charge in [0.15, 0.2) is 11.3 Å². The van der Waals surface area contributed by atoms with Gasteiger partial charge in [-0.1, -0.05) is 35.9 Å². The van der Waals surface area contributed by atoms with Crippen molar-refractivity contribution in [3.05, 3.63) is 76.0 Å². The van der Waals surface area contributed by atoms with Gasteiger partial charge in [-0.15, -0.1) is 0 Å². The van der Waals surface area contributed by atoms with Gasteiger partial charge in [-0.3, -0.25) is 9.48 Å². The predicted molar refractivity (Wildman–Crippen MR) is 108 cm³/mol. The Hall–Kier alpha value is -3.19. The van der Waals surface area contributed by atoms with E-state index in [1.165, 1.54) is 15.6 Å². The van der Waals surface area contributed by atoms with Gasteiger partial charge >= 0.3 is 0 Å². The lowest BCUT2D eigenvalue weighted by atomic mass is 10.1. The summed E-state index contributed by atoms with van der Waals surface area (Å²) in [5.74, 6) is -0.392. The molecule has 0 aliphatic heterocycles. The maximum absolute atomic E-state index is 12.8. The Bertz CT molecular complexity index is 1190. The van der Waals surface area contributed by atoms with E-state index in [4.69, 9.17) is 11.6 Å². The number of aryl methyl sites for hydroxylation is 2. The minimum absolute atomic E-state index is 0.130. The molecule has 1 N–H and O–H groups in total. The number of amides is 1. The van der Waals surface area contributed by atoms with E-state index < -0.39 is 5.91 Å². The van der Waals surface area contributed by atoms with Crippen molar-refractivity contribution < 1.29 is 4.79 Å². The molecule has 4 rings (SSSR count). The van der Waals surface area contributed by atoms with E-state index in [1.54, 1.807) is 18.5 Å². The number of nitrogens with one attached hydrogen (secondary N) is 1. The van der Waals surface area contributed by atoms with Crippen LogP contribution in [0.2, 0.25) is 5.02 Å². The molecule has 3 aromatic heterocycles. The van der Waals surface area contributed by atoms with Gasteiger partial charge in [0.1, 0.15) is 5.02 Å². The fraction of sp³-hybridized carbons (Fsp3) is 0.200. The van der Waals surface area contributed by atoms with Crippen molar-refractivity contribution in [1.29, 1.82) is 0 Å². The minimum Gasteiger partial charge on any atom is -0.317 e. The highest BCUT2D eigenvalue weighted by Crippen LogP contribution is 2.24. The summed E-state index contributed by atoms with van der Waals surface area (Å²) in [6, 6.07) is 9.90. The molecule has 1 amide bonds. The lowest BCUT2D eigenvalue weighted by Crippen LogP contribution is -2.14. The van der Waals surface area contributed by atoms with Crippen molar-refractivity contribution in [2.45, 2.75) is 27.3 Å². The fourth-order valence-electron chi connectivity index (χ4n) is 3.16. The molecule has 0 fully saturated rings. The van der Waals surface area contributed by atoms with E-state index in [9.17, 15) is 4.79 Å². The minimum atomic E-state index is -0.392. The molecule has 7 nitrogen and oxygen atoms in total. The first kappa shape index (κ1) is 18.2. The maximum Gasteiger partial charge on any atom is 0.277 e. The predicted octanol–water partition coefficient (Wildman–Crippen LogP) is 3.81. The highest BCUT2D eigenvalue weighted by Gasteiger charge is 2.22. The quantitative estimate of drug-likeness (QED) is 0.571. The zero-order valence-electron chi connectivity index (χ0n) is 15.8. The summed E-state index contributed by atoms with van der Waals surface area (Å²) in [5.41, 5.74) is 5.22. The number of fused-ring (bicyclic) bond motifs is 1. The summed E-state index contributed by atoms with van der Waals surface area (Å²) in [6.45, 7) is 6.50. The van der Waals surface area contributed by atoms with Crippen LogP contribution < -0.4 is 5.32 Å². The molecule has 28 heavy (non-hydrogen) atoms. The normalized spacial score (nSPS) is 11.1. The van der Waals surface area contributed by atoms with Crippen LogP contribution in [0.4, 0.5) is 5.69 Å². The number of halogens is 1. The van der Waals surface area contributed by atoms with Gasteiger partial charge in [0.05, 0.1) is 23.6 Å². The van der Waals surface area contributed by atoms with E-state index in [0.717, 1.165) is 11.4 Å². The van der Waals surface area contributed by atoms with Crippen LogP contribution in [-0.2, 0) is 6.54 Å². The number of rotatable bonds is 4. The Labute approximate surface area is 167 Å².